The molecule has 0 aliphatic carbocycles. The minimum atomic E-state index is -3.27. The molecule has 0 N–H and O–H groups in total. The summed E-state index contributed by atoms with van der Waals surface area (Å²) in [7, 11) is 1.71. The maximum Gasteiger partial charge on any atom is 0.233 e. The maximum absolute atomic E-state index is 10.4. The summed E-state index contributed by atoms with van der Waals surface area (Å²) in [6.07, 6.45) is 0. The quantitative estimate of drug-likeness (QED) is 0.651. The van der Waals surface area contributed by atoms with E-state index < -0.39 is 9.05 Å². The molecule has 0 saturated carbocycles. The summed E-state index contributed by atoms with van der Waals surface area (Å²) in [6, 6.07) is 0. The van der Waals surface area contributed by atoms with Crippen molar-refractivity contribution in [3.05, 3.63) is 0 Å². The average molecular weight is 203 g/mol. The van der Waals surface area contributed by atoms with Gasteiger partial charge in [0, 0.05) is 16.4 Å². The van der Waals surface area contributed by atoms with Crippen LogP contribution in [0.4, 0.5) is 0 Å². The molecule has 0 fully saturated rings. The van der Waals surface area contributed by atoms with E-state index in [0.29, 0.717) is 11.0 Å². The summed E-state index contributed by atoms with van der Waals surface area (Å²) in [5.41, 5.74) is 0. The lowest BCUT2D eigenvalue weighted by atomic mass is 10.6. The highest BCUT2D eigenvalue weighted by Gasteiger charge is 2.04. The third-order valence-corrected chi connectivity index (χ3v) is 3.30. The van der Waals surface area contributed by atoms with Crippen LogP contribution in [-0.4, -0.2) is 25.2 Å². The number of rotatable bonds is 4. The summed E-state index contributed by atoms with van der Waals surface area (Å²) < 4.78 is 20.7. The van der Waals surface area contributed by atoms with Crippen molar-refractivity contribution >= 4 is 31.5 Å². The normalized spacial score (nSPS) is 12.4. The standard InChI is InChI=1S/C5H11ClO2S2/c1-5(2)9-3-4-10(6,7)8/h5H,3-4H2,1-2H3. The lowest BCUT2D eigenvalue weighted by Gasteiger charge is -2.00. The van der Waals surface area contributed by atoms with Crippen LogP contribution in [0.1, 0.15) is 13.8 Å². The fourth-order valence-corrected chi connectivity index (χ4v) is 2.60. The Labute approximate surface area is 70.8 Å². The molecule has 0 aromatic rings. The number of hydrogen-bond acceptors (Lipinski definition) is 3. The van der Waals surface area contributed by atoms with Gasteiger partial charge in [-0.25, -0.2) is 8.42 Å². The monoisotopic (exact) mass is 202 g/mol. The van der Waals surface area contributed by atoms with Gasteiger partial charge in [-0.15, -0.1) is 0 Å². The maximum atomic E-state index is 10.4. The fourth-order valence-electron chi connectivity index (χ4n) is 0.383. The molecule has 0 aliphatic heterocycles. The van der Waals surface area contributed by atoms with Crippen LogP contribution in [0.3, 0.4) is 0 Å². The van der Waals surface area contributed by atoms with Crippen LogP contribution in [0.25, 0.3) is 0 Å². The lowest BCUT2D eigenvalue weighted by Crippen LogP contribution is -2.02. The summed E-state index contributed by atoms with van der Waals surface area (Å²) in [5.74, 6) is 0.654. The molecule has 0 heterocycles. The van der Waals surface area contributed by atoms with E-state index in [2.05, 4.69) is 0 Å². The predicted octanol–water partition coefficient (Wildman–Crippen LogP) is 1.70. The molecular weight excluding hydrogens is 192 g/mol. The molecular formula is C5H11ClO2S2. The van der Waals surface area contributed by atoms with E-state index in [9.17, 15) is 8.42 Å². The van der Waals surface area contributed by atoms with E-state index in [4.69, 9.17) is 10.7 Å². The number of thioether (sulfide) groups is 1. The van der Waals surface area contributed by atoms with Gasteiger partial charge in [-0.2, -0.15) is 11.8 Å². The Hall–Kier alpha value is 0.590. The van der Waals surface area contributed by atoms with E-state index in [1.165, 1.54) is 0 Å². The molecule has 0 aromatic carbocycles. The molecule has 0 aliphatic rings. The van der Waals surface area contributed by atoms with Crippen molar-refractivity contribution in [3.63, 3.8) is 0 Å². The van der Waals surface area contributed by atoms with Gasteiger partial charge in [0.25, 0.3) is 0 Å². The zero-order chi connectivity index (χ0) is 8.20. The van der Waals surface area contributed by atoms with Gasteiger partial charge >= 0.3 is 0 Å². The number of halogens is 1. The SMILES string of the molecule is CC(C)SCCS(=O)(=O)Cl. The highest BCUT2D eigenvalue weighted by Crippen LogP contribution is 2.10. The van der Waals surface area contributed by atoms with E-state index in [1.807, 2.05) is 13.8 Å². The zero-order valence-corrected chi connectivity index (χ0v) is 8.39. The molecule has 0 spiro atoms. The fraction of sp³-hybridized carbons (Fsp3) is 1.00. The minimum Gasteiger partial charge on any atom is -0.212 e. The number of hydrogen-bond donors (Lipinski definition) is 0. The van der Waals surface area contributed by atoms with Crippen LogP contribution in [0.15, 0.2) is 0 Å². The first-order valence-corrected chi connectivity index (χ1v) is 6.48. The van der Waals surface area contributed by atoms with E-state index >= 15 is 0 Å². The Morgan fingerprint density at radius 1 is 1.50 bits per heavy atom. The van der Waals surface area contributed by atoms with Gasteiger partial charge in [0.15, 0.2) is 0 Å². The molecule has 2 nitrogen and oxygen atoms in total. The van der Waals surface area contributed by atoms with Crippen LogP contribution >= 0.6 is 22.4 Å². The van der Waals surface area contributed by atoms with Crippen LogP contribution in [-0.2, 0) is 9.05 Å². The predicted molar refractivity (Wildman–Crippen MR) is 47.2 cm³/mol. The van der Waals surface area contributed by atoms with Crippen LogP contribution in [0.5, 0.6) is 0 Å². The molecule has 0 amide bonds. The zero-order valence-electron chi connectivity index (χ0n) is 6.00. The van der Waals surface area contributed by atoms with E-state index in [-0.39, 0.29) is 5.75 Å². The highest BCUT2D eigenvalue weighted by molar-refractivity contribution is 8.14. The third-order valence-electron chi connectivity index (χ3n) is 0.778. The van der Waals surface area contributed by atoms with Crippen molar-refractivity contribution in [2.45, 2.75) is 19.1 Å². The summed E-state index contributed by atoms with van der Waals surface area (Å²) in [6.45, 7) is 4.04. The molecule has 0 rings (SSSR count). The molecule has 0 bridgehead atoms. The van der Waals surface area contributed by atoms with Crippen molar-refractivity contribution in [2.75, 3.05) is 11.5 Å². The molecule has 62 valence electrons. The van der Waals surface area contributed by atoms with Crippen molar-refractivity contribution in [1.82, 2.24) is 0 Å². The highest BCUT2D eigenvalue weighted by atomic mass is 35.7. The minimum absolute atomic E-state index is 0.0669. The first-order valence-electron chi connectivity index (χ1n) is 2.96. The lowest BCUT2D eigenvalue weighted by molar-refractivity contribution is 0.611. The first kappa shape index (κ1) is 10.6. The average Bonchev–Trinajstić information content (AvgIpc) is 1.59. The Bertz CT molecular complexity index is 174. The topological polar surface area (TPSA) is 34.1 Å². The Kier molecular flexibility index (Phi) is 4.73. The summed E-state index contributed by atoms with van der Waals surface area (Å²) >= 11 is 1.59. The van der Waals surface area contributed by atoms with Crippen molar-refractivity contribution < 1.29 is 8.42 Å². The second-order valence-electron chi connectivity index (χ2n) is 2.16. The van der Waals surface area contributed by atoms with Gasteiger partial charge in [0.2, 0.25) is 9.05 Å². The molecule has 0 radical (unpaired) electrons. The Morgan fingerprint density at radius 2 is 2.00 bits per heavy atom. The van der Waals surface area contributed by atoms with Crippen LogP contribution in [0, 0.1) is 0 Å². The Balaban J connectivity index is 3.39. The molecule has 0 unspecified atom stereocenters. The van der Waals surface area contributed by atoms with Crippen molar-refractivity contribution in [1.29, 1.82) is 0 Å². The molecule has 10 heavy (non-hydrogen) atoms. The van der Waals surface area contributed by atoms with Gasteiger partial charge < -0.3 is 0 Å². The van der Waals surface area contributed by atoms with E-state index in [0.717, 1.165) is 0 Å². The largest absolute Gasteiger partial charge is 0.233 e. The summed E-state index contributed by atoms with van der Waals surface area (Å²) in [5, 5.41) is 0.471. The first-order chi connectivity index (χ1) is 4.42. The van der Waals surface area contributed by atoms with E-state index in [1.54, 1.807) is 11.8 Å². The molecule has 5 heteroatoms. The summed E-state index contributed by atoms with van der Waals surface area (Å²) in [4.78, 5) is 0. The van der Waals surface area contributed by atoms with Crippen molar-refractivity contribution in [2.24, 2.45) is 0 Å². The van der Waals surface area contributed by atoms with Gasteiger partial charge in [0.1, 0.15) is 0 Å². The van der Waals surface area contributed by atoms with Crippen LogP contribution < -0.4 is 0 Å². The second kappa shape index (κ2) is 4.46. The Morgan fingerprint density at radius 3 is 2.30 bits per heavy atom. The molecule has 0 aromatic heterocycles. The third kappa shape index (κ3) is 8.59. The second-order valence-corrected chi connectivity index (χ2v) is 6.74. The molecule has 0 atom stereocenters. The van der Waals surface area contributed by atoms with Gasteiger partial charge in [-0.3, -0.25) is 0 Å². The van der Waals surface area contributed by atoms with Gasteiger partial charge in [-0.05, 0) is 5.25 Å². The van der Waals surface area contributed by atoms with Gasteiger partial charge in [-0.1, -0.05) is 13.8 Å². The van der Waals surface area contributed by atoms with Crippen molar-refractivity contribution in [3.8, 4) is 0 Å². The van der Waals surface area contributed by atoms with Crippen LogP contribution in [0.2, 0.25) is 0 Å². The van der Waals surface area contributed by atoms with Gasteiger partial charge in [0.05, 0.1) is 5.75 Å². The molecule has 0 saturated heterocycles. The smallest absolute Gasteiger partial charge is 0.212 e.